The molecule has 0 bridgehead atoms. The number of benzene rings is 1. The maximum absolute atomic E-state index is 13.1. The monoisotopic (exact) mass is 336 g/mol. The van der Waals surface area contributed by atoms with Crippen LogP contribution >= 0.6 is 15.9 Å². The molecule has 0 saturated heterocycles. The van der Waals surface area contributed by atoms with Crippen LogP contribution in [0.15, 0.2) is 28.9 Å². The van der Waals surface area contributed by atoms with Crippen molar-refractivity contribution in [2.75, 3.05) is 0 Å². The Bertz CT molecular complexity index is 702. The molecule has 0 radical (unpaired) electrons. The number of carboxylic acid groups (broad SMARTS) is 1. The van der Waals surface area contributed by atoms with E-state index >= 15 is 0 Å². The second-order valence-electron chi connectivity index (χ2n) is 4.70. The van der Waals surface area contributed by atoms with Gasteiger partial charge in [-0.05, 0) is 47.0 Å². The Kier molecular flexibility index (Phi) is 3.25. The van der Waals surface area contributed by atoms with E-state index in [0.29, 0.717) is 21.6 Å². The minimum atomic E-state index is -1.02. The lowest BCUT2D eigenvalue weighted by molar-refractivity contribution is 0.0694. The van der Waals surface area contributed by atoms with E-state index in [2.05, 4.69) is 25.9 Å². The highest BCUT2D eigenvalue weighted by atomic mass is 79.9. The fourth-order valence-corrected chi connectivity index (χ4v) is 2.56. The van der Waals surface area contributed by atoms with Gasteiger partial charge < -0.3 is 5.11 Å². The van der Waals surface area contributed by atoms with Gasteiger partial charge in [0.15, 0.2) is 5.82 Å². The smallest absolute Gasteiger partial charge is 0.339 e. The normalized spacial score (nSPS) is 14.3. The minimum absolute atomic E-state index is 0.148. The quantitative estimate of drug-likeness (QED) is 0.929. The first-order valence-corrected chi connectivity index (χ1v) is 6.91. The third kappa shape index (κ3) is 2.43. The fourth-order valence-electron chi connectivity index (χ4n) is 2.03. The molecule has 0 unspecified atom stereocenters. The van der Waals surface area contributed by atoms with Crippen LogP contribution in [0.2, 0.25) is 0 Å². The molecule has 1 N–H and O–H groups in total. The van der Waals surface area contributed by atoms with E-state index < -0.39 is 5.97 Å². The predicted octanol–water partition coefficient (Wildman–Crippen LogP) is 3.62. The summed E-state index contributed by atoms with van der Waals surface area (Å²) in [4.78, 5) is 19.6. The molecule has 4 nitrogen and oxygen atoms in total. The zero-order valence-corrected chi connectivity index (χ0v) is 11.9. The van der Waals surface area contributed by atoms with Gasteiger partial charge in [0.05, 0.1) is 11.3 Å². The molecule has 20 heavy (non-hydrogen) atoms. The maximum atomic E-state index is 13.1. The molecule has 0 aliphatic heterocycles. The van der Waals surface area contributed by atoms with Crippen molar-refractivity contribution in [2.24, 2.45) is 0 Å². The first kappa shape index (κ1) is 13.2. The first-order chi connectivity index (χ1) is 9.56. The predicted molar refractivity (Wildman–Crippen MR) is 74.1 cm³/mol. The van der Waals surface area contributed by atoms with Crippen LogP contribution in [0.4, 0.5) is 4.39 Å². The molecule has 6 heteroatoms. The van der Waals surface area contributed by atoms with Crippen molar-refractivity contribution in [1.82, 2.24) is 9.97 Å². The zero-order valence-electron chi connectivity index (χ0n) is 10.3. The number of aromatic nitrogens is 2. The van der Waals surface area contributed by atoms with Crippen LogP contribution in [0, 0.1) is 5.82 Å². The van der Waals surface area contributed by atoms with Crippen molar-refractivity contribution in [2.45, 2.75) is 18.8 Å². The zero-order chi connectivity index (χ0) is 14.3. The summed E-state index contributed by atoms with van der Waals surface area (Å²) in [6.45, 7) is 0. The number of carbonyl (C=O) groups is 1. The highest BCUT2D eigenvalue weighted by molar-refractivity contribution is 9.10. The van der Waals surface area contributed by atoms with Gasteiger partial charge in [0, 0.05) is 22.2 Å². The SMILES string of the molecule is O=C(O)c1cnc(-c2ccc(F)cc2Br)nc1C1CC1. The number of carboxylic acids is 1. The van der Waals surface area contributed by atoms with E-state index in [1.807, 2.05) is 0 Å². The highest BCUT2D eigenvalue weighted by Gasteiger charge is 2.30. The van der Waals surface area contributed by atoms with Gasteiger partial charge in [0.25, 0.3) is 0 Å². The van der Waals surface area contributed by atoms with Crippen molar-refractivity contribution in [1.29, 1.82) is 0 Å². The second-order valence-corrected chi connectivity index (χ2v) is 5.55. The largest absolute Gasteiger partial charge is 0.478 e. The van der Waals surface area contributed by atoms with Gasteiger partial charge in [-0.2, -0.15) is 0 Å². The Balaban J connectivity index is 2.10. The molecule has 1 aromatic heterocycles. The average molecular weight is 337 g/mol. The molecular formula is C14H10BrFN2O2. The number of nitrogens with zero attached hydrogens (tertiary/aromatic N) is 2. The summed E-state index contributed by atoms with van der Waals surface area (Å²) in [5.41, 5.74) is 1.36. The van der Waals surface area contributed by atoms with Gasteiger partial charge >= 0.3 is 5.97 Å². The molecule has 0 atom stereocenters. The van der Waals surface area contributed by atoms with E-state index in [9.17, 15) is 9.18 Å². The van der Waals surface area contributed by atoms with Gasteiger partial charge in [-0.15, -0.1) is 0 Å². The van der Waals surface area contributed by atoms with Crippen molar-refractivity contribution < 1.29 is 14.3 Å². The Hall–Kier alpha value is -1.82. The summed E-state index contributed by atoms with van der Waals surface area (Å²) in [5, 5.41) is 9.16. The summed E-state index contributed by atoms with van der Waals surface area (Å²) >= 11 is 3.27. The molecule has 0 spiro atoms. The molecule has 1 fully saturated rings. The fraction of sp³-hybridized carbons (Fsp3) is 0.214. The van der Waals surface area contributed by atoms with Gasteiger partial charge in [0.1, 0.15) is 5.82 Å². The highest BCUT2D eigenvalue weighted by Crippen LogP contribution is 2.41. The van der Waals surface area contributed by atoms with Crippen molar-refractivity contribution in [3.63, 3.8) is 0 Å². The van der Waals surface area contributed by atoms with E-state index in [1.54, 1.807) is 6.07 Å². The standard InChI is InChI=1S/C14H10BrFN2O2/c15-11-5-8(16)3-4-9(11)13-17-6-10(14(19)20)12(18-13)7-1-2-7/h3-7H,1-2H2,(H,19,20). The number of rotatable bonds is 3. The summed E-state index contributed by atoms with van der Waals surface area (Å²) in [7, 11) is 0. The van der Waals surface area contributed by atoms with E-state index in [0.717, 1.165) is 12.8 Å². The van der Waals surface area contributed by atoms with Crippen LogP contribution in [-0.4, -0.2) is 21.0 Å². The summed E-state index contributed by atoms with van der Waals surface area (Å²) in [6, 6.07) is 4.23. The van der Waals surface area contributed by atoms with E-state index in [-0.39, 0.29) is 17.3 Å². The molecule has 3 rings (SSSR count). The van der Waals surface area contributed by atoms with Gasteiger partial charge in [-0.25, -0.2) is 19.2 Å². The van der Waals surface area contributed by atoms with Gasteiger partial charge in [0.2, 0.25) is 0 Å². The van der Waals surface area contributed by atoms with Gasteiger partial charge in [-0.1, -0.05) is 0 Å². The molecule has 102 valence electrons. The lowest BCUT2D eigenvalue weighted by atomic mass is 10.1. The molecular weight excluding hydrogens is 327 g/mol. The number of hydrogen-bond donors (Lipinski definition) is 1. The lowest BCUT2D eigenvalue weighted by Crippen LogP contribution is -2.06. The summed E-state index contributed by atoms with van der Waals surface area (Å²) in [5.74, 6) is -0.771. The molecule has 2 aromatic rings. The van der Waals surface area contributed by atoms with E-state index in [1.165, 1.54) is 18.3 Å². The molecule has 1 heterocycles. The van der Waals surface area contributed by atoms with Crippen molar-refractivity contribution in [3.05, 3.63) is 45.9 Å². The minimum Gasteiger partial charge on any atom is -0.478 e. The third-order valence-electron chi connectivity index (χ3n) is 3.18. The molecule has 1 aliphatic rings. The number of hydrogen-bond acceptors (Lipinski definition) is 3. The Labute approximate surface area is 122 Å². The second kappa shape index (κ2) is 4.94. The number of halogens is 2. The van der Waals surface area contributed by atoms with Crippen molar-refractivity contribution in [3.8, 4) is 11.4 Å². The molecule has 1 aromatic carbocycles. The van der Waals surface area contributed by atoms with Crippen molar-refractivity contribution >= 4 is 21.9 Å². The van der Waals surface area contributed by atoms with Crippen LogP contribution in [0.3, 0.4) is 0 Å². The molecule has 0 amide bonds. The Morgan fingerprint density at radius 1 is 1.40 bits per heavy atom. The van der Waals surface area contributed by atoms with Crippen LogP contribution in [0.1, 0.15) is 34.8 Å². The van der Waals surface area contributed by atoms with E-state index in [4.69, 9.17) is 5.11 Å². The topological polar surface area (TPSA) is 63.1 Å². The van der Waals surface area contributed by atoms with Crippen LogP contribution in [0.25, 0.3) is 11.4 Å². The maximum Gasteiger partial charge on any atom is 0.339 e. The number of aromatic carboxylic acids is 1. The van der Waals surface area contributed by atoms with Crippen LogP contribution in [-0.2, 0) is 0 Å². The average Bonchev–Trinajstić information content (AvgIpc) is 3.22. The lowest BCUT2D eigenvalue weighted by Gasteiger charge is -2.08. The van der Waals surface area contributed by atoms with Crippen LogP contribution < -0.4 is 0 Å². The Morgan fingerprint density at radius 3 is 2.75 bits per heavy atom. The molecule has 1 aliphatic carbocycles. The van der Waals surface area contributed by atoms with Gasteiger partial charge in [-0.3, -0.25) is 0 Å². The van der Waals surface area contributed by atoms with Crippen LogP contribution in [0.5, 0.6) is 0 Å². The third-order valence-corrected chi connectivity index (χ3v) is 3.84. The summed E-state index contributed by atoms with van der Waals surface area (Å²) < 4.78 is 13.6. The summed E-state index contributed by atoms with van der Waals surface area (Å²) in [6.07, 6.45) is 3.22. The molecule has 1 saturated carbocycles. The Morgan fingerprint density at radius 2 is 2.15 bits per heavy atom. The first-order valence-electron chi connectivity index (χ1n) is 6.12.